The molecule has 1 aromatic rings. The van der Waals surface area contributed by atoms with E-state index in [2.05, 4.69) is 17.6 Å². The van der Waals surface area contributed by atoms with Gasteiger partial charge in [0.2, 0.25) is 17.7 Å². The van der Waals surface area contributed by atoms with E-state index in [0.29, 0.717) is 12.2 Å². The number of rotatable bonds is 7. The number of anilines is 1. The monoisotopic (exact) mass is 465 g/mol. The van der Waals surface area contributed by atoms with Gasteiger partial charge in [-0.05, 0) is 38.3 Å². The zero-order valence-electron chi connectivity index (χ0n) is 20.1. The highest BCUT2D eigenvalue weighted by Crippen LogP contribution is 2.55. The van der Waals surface area contributed by atoms with Crippen LogP contribution in [0.15, 0.2) is 36.4 Å². The molecule has 182 valence electrons. The molecule has 7 nitrogen and oxygen atoms in total. The van der Waals surface area contributed by atoms with Gasteiger partial charge in [-0.2, -0.15) is 0 Å². The van der Waals surface area contributed by atoms with E-state index in [-0.39, 0.29) is 23.8 Å². The summed E-state index contributed by atoms with van der Waals surface area (Å²) in [4.78, 5) is 42.5. The van der Waals surface area contributed by atoms with Crippen molar-refractivity contribution in [3.05, 3.63) is 42.0 Å². The Bertz CT molecular complexity index is 984. The lowest BCUT2D eigenvalue weighted by molar-refractivity contribution is -0.141. The number of hydrogen-bond acceptors (Lipinski definition) is 4. The third kappa shape index (κ3) is 3.84. The van der Waals surface area contributed by atoms with E-state index in [9.17, 15) is 14.4 Å². The van der Waals surface area contributed by atoms with Crippen LogP contribution in [-0.4, -0.2) is 53.0 Å². The first-order valence-electron chi connectivity index (χ1n) is 12.8. The van der Waals surface area contributed by atoms with Crippen LogP contribution in [0, 0.1) is 18.8 Å². The smallest absolute Gasteiger partial charge is 0.246 e. The predicted molar refractivity (Wildman–Crippen MR) is 129 cm³/mol. The Morgan fingerprint density at radius 1 is 1.12 bits per heavy atom. The predicted octanol–water partition coefficient (Wildman–Crippen LogP) is 3.33. The van der Waals surface area contributed by atoms with Gasteiger partial charge in [0, 0.05) is 18.3 Å². The summed E-state index contributed by atoms with van der Waals surface area (Å²) in [6, 6.07) is 6.99. The molecule has 34 heavy (non-hydrogen) atoms. The van der Waals surface area contributed by atoms with Gasteiger partial charge in [-0.15, -0.1) is 0 Å². The van der Waals surface area contributed by atoms with E-state index in [1.807, 2.05) is 43.3 Å². The van der Waals surface area contributed by atoms with E-state index in [1.165, 1.54) is 6.42 Å². The van der Waals surface area contributed by atoms with Crippen molar-refractivity contribution in [1.29, 1.82) is 0 Å². The van der Waals surface area contributed by atoms with Crippen molar-refractivity contribution in [3.63, 3.8) is 0 Å². The number of likely N-dealkylation sites (tertiary alicyclic amines) is 1. The summed E-state index contributed by atoms with van der Waals surface area (Å²) in [6.45, 7) is 4.55. The van der Waals surface area contributed by atoms with Crippen LogP contribution >= 0.6 is 0 Å². The van der Waals surface area contributed by atoms with E-state index in [0.717, 1.165) is 44.1 Å². The summed E-state index contributed by atoms with van der Waals surface area (Å²) < 4.78 is 6.38. The molecule has 3 amide bonds. The Hall–Kier alpha value is -2.67. The molecule has 1 aliphatic carbocycles. The highest BCUT2D eigenvalue weighted by molar-refractivity contribution is 6.02. The number of fused-ring (bicyclic) bond motifs is 1. The Morgan fingerprint density at radius 2 is 1.85 bits per heavy atom. The van der Waals surface area contributed by atoms with Crippen molar-refractivity contribution in [2.75, 3.05) is 11.9 Å². The summed E-state index contributed by atoms with van der Waals surface area (Å²) in [5.74, 6) is -1.87. The molecule has 7 heteroatoms. The average Bonchev–Trinajstić information content (AvgIpc) is 3.47. The SMILES string of the molecule is CCCCN1C(=O)C2C(C(=O)Nc3ccc(C)cc3)C3C=CC2(O3)C1C(=O)NC1CCCCC1. The van der Waals surface area contributed by atoms with Crippen molar-refractivity contribution in [2.45, 2.75) is 82.6 Å². The first kappa shape index (κ1) is 23.1. The van der Waals surface area contributed by atoms with Gasteiger partial charge in [0.25, 0.3) is 0 Å². The fraction of sp³-hybridized carbons (Fsp3) is 0.593. The summed E-state index contributed by atoms with van der Waals surface area (Å²) in [5.41, 5.74) is 0.715. The molecule has 2 N–H and O–H groups in total. The number of amides is 3. The van der Waals surface area contributed by atoms with Crippen LogP contribution in [0.5, 0.6) is 0 Å². The van der Waals surface area contributed by atoms with Gasteiger partial charge in [-0.1, -0.05) is 62.5 Å². The quantitative estimate of drug-likeness (QED) is 0.605. The Morgan fingerprint density at radius 3 is 2.56 bits per heavy atom. The molecule has 3 heterocycles. The van der Waals surface area contributed by atoms with Crippen LogP contribution < -0.4 is 10.6 Å². The van der Waals surface area contributed by atoms with Crippen molar-refractivity contribution < 1.29 is 19.1 Å². The number of benzene rings is 1. The molecule has 3 fully saturated rings. The first-order chi connectivity index (χ1) is 16.4. The van der Waals surface area contributed by atoms with Crippen LogP contribution in [0.1, 0.15) is 57.4 Å². The third-order valence-corrected chi connectivity index (χ3v) is 7.95. The molecular weight excluding hydrogens is 430 g/mol. The lowest BCUT2D eigenvalue weighted by Crippen LogP contribution is -2.56. The van der Waals surface area contributed by atoms with Crippen molar-refractivity contribution in [2.24, 2.45) is 11.8 Å². The van der Waals surface area contributed by atoms with Gasteiger partial charge < -0.3 is 20.3 Å². The normalized spacial score (nSPS) is 32.2. The minimum Gasteiger partial charge on any atom is -0.359 e. The number of carbonyl (C=O) groups is 3. The Balaban J connectivity index is 1.42. The molecule has 5 atom stereocenters. The molecule has 2 bridgehead atoms. The summed E-state index contributed by atoms with van der Waals surface area (Å²) >= 11 is 0. The zero-order chi connectivity index (χ0) is 23.9. The van der Waals surface area contributed by atoms with Crippen molar-refractivity contribution >= 4 is 23.4 Å². The number of carbonyl (C=O) groups excluding carboxylic acids is 3. The average molecular weight is 466 g/mol. The van der Waals surface area contributed by atoms with Gasteiger partial charge in [-0.3, -0.25) is 14.4 Å². The second kappa shape index (κ2) is 9.17. The molecule has 1 spiro atoms. The molecule has 2 saturated heterocycles. The van der Waals surface area contributed by atoms with Gasteiger partial charge in [0.15, 0.2) is 0 Å². The molecule has 4 aliphatic rings. The summed E-state index contributed by atoms with van der Waals surface area (Å²) in [5, 5.41) is 6.19. The highest BCUT2D eigenvalue weighted by atomic mass is 16.5. The fourth-order valence-electron chi connectivity index (χ4n) is 6.23. The largest absolute Gasteiger partial charge is 0.359 e. The van der Waals surface area contributed by atoms with Crippen LogP contribution in [0.25, 0.3) is 0 Å². The minimum absolute atomic E-state index is 0.142. The van der Waals surface area contributed by atoms with Gasteiger partial charge in [-0.25, -0.2) is 0 Å². The van der Waals surface area contributed by atoms with Crippen molar-refractivity contribution in [3.8, 4) is 0 Å². The number of aryl methyl sites for hydroxylation is 1. The van der Waals surface area contributed by atoms with Crippen LogP contribution in [-0.2, 0) is 19.1 Å². The lowest BCUT2D eigenvalue weighted by atomic mass is 9.74. The first-order valence-corrected chi connectivity index (χ1v) is 12.8. The number of hydrogen-bond donors (Lipinski definition) is 2. The molecule has 5 unspecified atom stereocenters. The van der Waals surface area contributed by atoms with E-state index >= 15 is 0 Å². The van der Waals surface area contributed by atoms with Crippen molar-refractivity contribution in [1.82, 2.24) is 10.2 Å². The van der Waals surface area contributed by atoms with Gasteiger partial charge in [0.1, 0.15) is 11.6 Å². The molecule has 3 aliphatic heterocycles. The van der Waals surface area contributed by atoms with E-state index in [4.69, 9.17) is 4.74 Å². The molecular formula is C27H35N3O4. The second-order valence-corrected chi connectivity index (χ2v) is 10.3. The zero-order valence-corrected chi connectivity index (χ0v) is 20.1. The molecule has 0 radical (unpaired) electrons. The highest BCUT2D eigenvalue weighted by Gasteiger charge is 2.72. The van der Waals surface area contributed by atoms with E-state index in [1.54, 1.807) is 4.90 Å². The van der Waals surface area contributed by atoms with E-state index < -0.39 is 29.6 Å². The standard InChI is InChI=1S/C27H35N3O4/c1-3-4-16-30-23(25(32)29-18-8-6-5-7-9-18)27-15-14-20(34-27)21(22(27)26(30)33)24(31)28-19-12-10-17(2)11-13-19/h10-15,18,20-23H,3-9,16H2,1-2H3,(H,28,31)(H,29,32). The van der Waals surface area contributed by atoms with Gasteiger partial charge in [0.05, 0.1) is 17.9 Å². The Kier molecular flexibility index (Phi) is 6.23. The van der Waals surface area contributed by atoms with Crippen LogP contribution in [0.2, 0.25) is 0 Å². The molecule has 1 saturated carbocycles. The molecule has 5 rings (SSSR count). The number of ether oxygens (including phenoxy) is 1. The Labute approximate surface area is 201 Å². The topological polar surface area (TPSA) is 87.7 Å². The molecule has 0 aromatic heterocycles. The minimum atomic E-state index is -1.08. The maximum Gasteiger partial charge on any atom is 0.246 e. The summed E-state index contributed by atoms with van der Waals surface area (Å²) in [6.07, 6.45) is 10.3. The number of nitrogens with zero attached hydrogens (tertiary/aromatic N) is 1. The third-order valence-electron chi connectivity index (χ3n) is 7.95. The number of unbranched alkanes of at least 4 members (excludes halogenated alkanes) is 1. The maximum absolute atomic E-state index is 13.7. The van der Waals surface area contributed by atoms with Gasteiger partial charge >= 0.3 is 0 Å². The molecule has 1 aromatic carbocycles. The lowest BCUT2D eigenvalue weighted by Gasteiger charge is -2.34. The summed E-state index contributed by atoms with van der Waals surface area (Å²) in [7, 11) is 0. The second-order valence-electron chi connectivity index (χ2n) is 10.3. The fourth-order valence-corrected chi connectivity index (χ4v) is 6.23. The van der Waals surface area contributed by atoms with Crippen LogP contribution in [0.4, 0.5) is 5.69 Å². The van der Waals surface area contributed by atoms with Crippen LogP contribution in [0.3, 0.4) is 0 Å². The maximum atomic E-state index is 13.7. The number of nitrogens with one attached hydrogen (secondary N) is 2.